The number of aliphatic hydroxyl groups excluding tert-OH is 1. The fourth-order valence-electron chi connectivity index (χ4n) is 5.39. The third-order valence-electron chi connectivity index (χ3n) is 8.16. The third-order valence-corrected chi connectivity index (χ3v) is 10.2. The first-order valence-electron chi connectivity index (χ1n) is 12.3. The van der Waals surface area contributed by atoms with Crippen molar-refractivity contribution in [2.24, 2.45) is 5.41 Å². The summed E-state index contributed by atoms with van der Waals surface area (Å²) in [5.41, 5.74) is 5.15. The van der Waals surface area contributed by atoms with Crippen molar-refractivity contribution in [1.82, 2.24) is 14.1 Å². The van der Waals surface area contributed by atoms with Crippen LogP contribution in [0.5, 0.6) is 0 Å². The normalized spacial score (nSPS) is 28.4. The van der Waals surface area contributed by atoms with Crippen molar-refractivity contribution in [3.63, 3.8) is 0 Å². The number of piperidine rings is 1. The van der Waals surface area contributed by atoms with Crippen LogP contribution in [0.25, 0.3) is 5.65 Å². The quantitative estimate of drug-likeness (QED) is 0.436. The molecule has 0 aromatic carbocycles. The van der Waals surface area contributed by atoms with Gasteiger partial charge in [-0.15, -0.1) is 0 Å². The van der Waals surface area contributed by atoms with Gasteiger partial charge in [-0.1, -0.05) is 0 Å². The van der Waals surface area contributed by atoms with Gasteiger partial charge in [0, 0.05) is 0 Å². The Morgan fingerprint density at radius 3 is 2.64 bits per heavy atom. The molecular weight excluding hydrogens is 499 g/mol. The van der Waals surface area contributed by atoms with E-state index in [4.69, 9.17) is 9.72 Å². The second-order valence-electron chi connectivity index (χ2n) is 10.8. The SMILES string of the molecule is C[Se]=Cc1c(C2CC2)nc2c(N3CCC4(CC3)COC(C)C4O)cc(SNC3(C)CC3)cn12. The van der Waals surface area contributed by atoms with E-state index >= 15 is 0 Å². The van der Waals surface area contributed by atoms with E-state index in [1.165, 1.54) is 47.7 Å². The van der Waals surface area contributed by atoms with Gasteiger partial charge in [0.15, 0.2) is 0 Å². The number of imidazole rings is 1. The molecule has 2 N–H and O–H groups in total. The number of aromatic nitrogens is 2. The van der Waals surface area contributed by atoms with Gasteiger partial charge in [-0.2, -0.15) is 0 Å². The molecule has 4 aliphatic rings. The van der Waals surface area contributed by atoms with Gasteiger partial charge in [0.25, 0.3) is 0 Å². The van der Waals surface area contributed by atoms with Crippen molar-refractivity contribution in [3.8, 4) is 0 Å². The van der Waals surface area contributed by atoms with Crippen molar-refractivity contribution < 1.29 is 9.84 Å². The Morgan fingerprint density at radius 1 is 1.27 bits per heavy atom. The van der Waals surface area contributed by atoms with Crippen LogP contribution < -0.4 is 9.62 Å². The van der Waals surface area contributed by atoms with Crippen LogP contribution in [0.4, 0.5) is 5.69 Å². The van der Waals surface area contributed by atoms with Crippen molar-refractivity contribution in [2.45, 2.75) is 86.8 Å². The molecule has 2 saturated heterocycles. The van der Waals surface area contributed by atoms with E-state index in [0.717, 1.165) is 31.6 Å². The zero-order valence-electron chi connectivity index (χ0n) is 19.8. The van der Waals surface area contributed by atoms with Gasteiger partial charge in [0.2, 0.25) is 0 Å². The second-order valence-corrected chi connectivity index (χ2v) is 13.2. The predicted molar refractivity (Wildman–Crippen MR) is 136 cm³/mol. The number of pyridine rings is 1. The van der Waals surface area contributed by atoms with Gasteiger partial charge in [-0.3, -0.25) is 0 Å². The van der Waals surface area contributed by atoms with E-state index in [1.807, 2.05) is 6.92 Å². The van der Waals surface area contributed by atoms with Crippen LogP contribution in [0.2, 0.25) is 5.82 Å². The zero-order chi connectivity index (χ0) is 22.8. The van der Waals surface area contributed by atoms with Crippen LogP contribution in [0, 0.1) is 5.41 Å². The summed E-state index contributed by atoms with van der Waals surface area (Å²) >= 11 is 2.22. The molecule has 2 unspecified atom stereocenters. The molecule has 33 heavy (non-hydrogen) atoms. The minimum absolute atomic E-state index is 0.0553. The summed E-state index contributed by atoms with van der Waals surface area (Å²) < 4.78 is 11.9. The van der Waals surface area contributed by atoms with E-state index < -0.39 is 0 Å². The van der Waals surface area contributed by atoms with Crippen LogP contribution in [0.15, 0.2) is 17.2 Å². The van der Waals surface area contributed by atoms with Gasteiger partial charge in [0.05, 0.1) is 0 Å². The molecule has 2 saturated carbocycles. The summed E-state index contributed by atoms with van der Waals surface area (Å²) in [5, 5.41) is 10.8. The number of fused-ring (bicyclic) bond motifs is 1. The molecular formula is C25H35N4O2SSe. The van der Waals surface area contributed by atoms with Crippen LogP contribution in [-0.2, 0) is 4.74 Å². The molecule has 6 nitrogen and oxygen atoms in total. The first-order chi connectivity index (χ1) is 15.9. The van der Waals surface area contributed by atoms with Gasteiger partial charge < -0.3 is 0 Å². The molecule has 2 aromatic heterocycles. The van der Waals surface area contributed by atoms with Gasteiger partial charge in [-0.25, -0.2) is 0 Å². The van der Waals surface area contributed by atoms with E-state index in [1.54, 1.807) is 11.9 Å². The van der Waals surface area contributed by atoms with E-state index in [2.05, 4.69) is 44.0 Å². The van der Waals surface area contributed by atoms with Crippen molar-refractivity contribution >= 4 is 42.7 Å². The molecule has 2 aliphatic carbocycles. The van der Waals surface area contributed by atoms with E-state index in [0.29, 0.717) is 27.0 Å². The molecule has 179 valence electrons. The van der Waals surface area contributed by atoms with Crippen molar-refractivity contribution in [2.75, 3.05) is 24.6 Å². The molecule has 4 fully saturated rings. The number of nitrogens with zero attached hydrogens (tertiary/aromatic N) is 3. The Hall–Kier alpha value is -0.891. The first kappa shape index (κ1) is 22.6. The number of ether oxygens (including phenoxy) is 1. The molecule has 1 radical (unpaired) electrons. The van der Waals surface area contributed by atoms with Crippen LogP contribution in [0.1, 0.15) is 69.7 Å². The minimum atomic E-state index is -0.356. The first-order valence-corrected chi connectivity index (χ1v) is 15.8. The number of rotatable bonds is 6. The molecule has 1 spiro atoms. The summed E-state index contributed by atoms with van der Waals surface area (Å²) in [6, 6.07) is 2.34. The number of nitrogens with one attached hydrogen (secondary N) is 1. The van der Waals surface area contributed by atoms with Crippen molar-refractivity contribution in [3.05, 3.63) is 23.7 Å². The number of hydrogen-bond donors (Lipinski definition) is 2. The van der Waals surface area contributed by atoms with Gasteiger partial charge in [0.1, 0.15) is 0 Å². The topological polar surface area (TPSA) is 62.0 Å². The Labute approximate surface area is 206 Å². The molecule has 2 aliphatic heterocycles. The average Bonchev–Trinajstić information content (AvgIpc) is 3.75. The molecule has 4 heterocycles. The number of anilines is 1. The average molecular weight is 535 g/mol. The molecule has 2 aromatic rings. The fourth-order valence-corrected chi connectivity index (χ4v) is 7.25. The molecule has 2 atom stereocenters. The molecule has 6 rings (SSSR count). The number of hydrogen-bond acceptors (Lipinski definition) is 6. The third kappa shape index (κ3) is 4.11. The Bertz CT molecular complexity index is 1090. The summed E-state index contributed by atoms with van der Waals surface area (Å²) in [6.07, 6.45) is 8.84. The summed E-state index contributed by atoms with van der Waals surface area (Å²) in [4.78, 5) is 11.4. The van der Waals surface area contributed by atoms with Crippen LogP contribution in [0.3, 0.4) is 0 Å². The van der Waals surface area contributed by atoms with Gasteiger partial charge >= 0.3 is 207 Å². The number of aliphatic hydroxyl groups is 1. The summed E-state index contributed by atoms with van der Waals surface area (Å²) in [7, 11) is 0. The molecule has 0 bridgehead atoms. The molecule has 8 heteroatoms. The summed E-state index contributed by atoms with van der Waals surface area (Å²) in [6.45, 7) is 6.86. The maximum atomic E-state index is 10.8. The van der Waals surface area contributed by atoms with Crippen LogP contribution in [-0.4, -0.2) is 71.4 Å². The van der Waals surface area contributed by atoms with Crippen molar-refractivity contribution in [1.29, 1.82) is 0 Å². The zero-order valence-corrected chi connectivity index (χ0v) is 22.4. The maximum absolute atomic E-state index is 10.8. The fraction of sp³-hybridized carbons (Fsp3) is 0.680. The summed E-state index contributed by atoms with van der Waals surface area (Å²) in [5.74, 6) is 2.90. The predicted octanol–water partition coefficient (Wildman–Crippen LogP) is 3.63. The van der Waals surface area contributed by atoms with E-state index in [9.17, 15) is 5.11 Å². The Balaban J connectivity index is 1.36. The Kier molecular flexibility index (Phi) is 5.71. The van der Waals surface area contributed by atoms with E-state index in [-0.39, 0.29) is 23.2 Å². The van der Waals surface area contributed by atoms with Crippen LogP contribution >= 0.6 is 11.9 Å². The Morgan fingerprint density at radius 2 is 2.03 bits per heavy atom. The van der Waals surface area contributed by atoms with Gasteiger partial charge in [-0.05, 0) is 0 Å². The standard InChI is InChI=1S/C25H35N4O2SSe/c1-16-22(30)25(15-31-16)8-10-28(11-9-25)19-12-18(32-27-24(2)6-7-24)13-29-20(14-33-3)21(17-4-5-17)26-23(19)29/h12-14,16-17,22,27,30H,4-11,15H2,1-3H3. The monoisotopic (exact) mass is 535 g/mol. The second kappa shape index (κ2) is 8.35. The molecule has 0 amide bonds.